The fraction of sp³-hybridized carbons (Fsp3) is 0.143. The van der Waals surface area contributed by atoms with Gasteiger partial charge in [0.15, 0.2) is 0 Å². The smallest absolute Gasteiger partial charge is 0.0895 e. The standard InChI is InChI=1S/C7H7Cl3N2/c1-2-3(8)6(11)5(10)7(12)4(2)9/h11-12H2,1H3. The molecule has 0 atom stereocenters. The first-order chi connectivity index (χ1) is 5.46. The molecular weight excluding hydrogens is 218 g/mol. The molecule has 0 spiro atoms. The van der Waals surface area contributed by atoms with Crippen molar-refractivity contribution >= 4 is 46.2 Å². The maximum absolute atomic E-state index is 5.81. The molecular formula is C7H7Cl3N2. The molecule has 0 amide bonds. The maximum atomic E-state index is 5.81. The van der Waals surface area contributed by atoms with E-state index in [1.165, 1.54) is 0 Å². The van der Waals surface area contributed by atoms with Crippen LogP contribution >= 0.6 is 34.8 Å². The highest BCUT2D eigenvalue weighted by molar-refractivity contribution is 6.45. The summed E-state index contributed by atoms with van der Waals surface area (Å²) >= 11 is 17.4. The van der Waals surface area contributed by atoms with E-state index in [4.69, 9.17) is 46.3 Å². The number of halogens is 3. The molecule has 0 aliphatic rings. The summed E-state index contributed by atoms with van der Waals surface area (Å²) in [6, 6.07) is 0. The van der Waals surface area contributed by atoms with Crippen LogP contribution in [0.4, 0.5) is 11.4 Å². The Morgan fingerprint density at radius 3 is 1.50 bits per heavy atom. The second kappa shape index (κ2) is 3.21. The molecule has 1 aromatic carbocycles. The minimum atomic E-state index is 0.218. The molecule has 66 valence electrons. The zero-order valence-corrected chi connectivity index (χ0v) is 8.56. The number of hydrogen-bond donors (Lipinski definition) is 2. The summed E-state index contributed by atoms with van der Waals surface area (Å²) in [7, 11) is 0. The van der Waals surface area contributed by atoms with Crippen LogP contribution in [0.25, 0.3) is 0 Å². The van der Waals surface area contributed by atoms with E-state index < -0.39 is 0 Å². The molecule has 0 aliphatic heterocycles. The van der Waals surface area contributed by atoms with Gasteiger partial charge in [0, 0.05) is 0 Å². The number of anilines is 2. The molecule has 4 N–H and O–H groups in total. The lowest BCUT2D eigenvalue weighted by atomic mass is 10.2. The van der Waals surface area contributed by atoms with Gasteiger partial charge in [-0.1, -0.05) is 34.8 Å². The van der Waals surface area contributed by atoms with Crippen LogP contribution in [0.1, 0.15) is 5.56 Å². The zero-order valence-electron chi connectivity index (χ0n) is 6.29. The Bertz CT molecular complexity index is 231. The van der Waals surface area contributed by atoms with Crippen LogP contribution in [-0.2, 0) is 0 Å². The average molecular weight is 226 g/mol. The Kier molecular flexibility index (Phi) is 2.61. The van der Waals surface area contributed by atoms with Crippen molar-refractivity contribution in [3.8, 4) is 0 Å². The predicted molar refractivity (Wildman–Crippen MR) is 55.0 cm³/mol. The van der Waals surface area contributed by atoms with Gasteiger partial charge in [-0.3, -0.25) is 0 Å². The van der Waals surface area contributed by atoms with Crippen LogP contribution in [0.2, 0.25) is 15.1 Å². The van der Waals surface area contributed by atoms with Gasteiger partial charge in [-0.15, -0.1) is 0 Å². The van der Waals surface area contributed by atoms with Crippen molar-refractivity contribution in [2.24, 2.45) is 0 Å². The van der Waals surface area contributed by atoms with Crippen molar-refractivity contribution in [3.63, 3.8) is 0 Å². The summed E-state index contributed by atoms with van der Waals surface area (Å²) in [4.78, 5) is 0. The molecule has 0 saturated carbocycles. The van der Waals surface area contributed by atoms with E-state index in [9.17, 15) is 0 Å². The average Bonchev–Trinajstić information content (AvgIpc) is 2.08. The highest BCUT2D eigenvalue weighted by Crippen LogP contribution is 2.41. The highest BCUT2D eigenvalue weighted by Gasteiger charge is 2.14. The van der Waals surface area contributed by atoms with E-state index in [0.717, 1.165) is 0 Å². The minimum Gasteiger partial charge on any atom is -0.396 e. The third-order valence-electron chi connectivity index (χ3n) is 1.60. The lowest BCUT2D eigenvalue weighted by Crippen LogP contribution is -1.97. The molecule has 12 heavy (non-hydrogen) atoms. The summed E-state index contributed by atoms with van der Waals surface area (Å²) < 4.78 is 0. The second-order valence-corrected chi connectivity index (χ2v) is 3.53. The molecule has 0 unspecified atom stereocenters. The Hall–Kier alpha value is -0.310. The second-order valence-electron chi connectivity index (χ2n) is 2.39. The number of hydrogen-bond acceptors (Lipinski definition) is 2. The molecule has 0 radical (unpaired) electrons. The molecule has 0 saturated heterocycles. The van der Waals surface area contributed by atoms with Crippen LogP contribution in [0, 0.1) is 6.92 Å². The number of rotatable bonds is 0. The van der Waals surface area contributed by atoms with Crippen LogP contribution < -0.4 is 11.5 Å². The van der Waals surface area contributed by atoms with Crippen LogP contribution in [-0.4, -0.2) is 0 Å². The van der Waals surface area contributed by atoms with Crippen molar-refractivity contribution in [3.05, 3.63) is 20.6 Å². The zero-order chi connectivity index (χ0) is 9.46. The molecule has 1 aromatic rings. The van der Waals surface area contributed by atoms with Crippen molar-refractivity contribution in [2.75, 3.05) is 11.5 Å². The first-order valence-corrected chi connectivity index (χ1v) is 4.28. The van der Waals surface area contributed by atoms with E-state index in [1.54, 1.807) is 6.92 Å². The van der Waals surface area contributed by atoms with Gasteiger partial charge in [0.25, 0.3) is 0 Å². The fourth-order valence-corrected chi connectivity index (χ4v) is 1.55. The molecule has 5 heteroatoms. The summed E-state index contributed by atoms with van der Waals surface area (Å²) in [5.74, 6) is 0. The van der Waals surface area contributed by atoms with Gasteiger partial charge in [-0.05, 0) is 12.5 Å². The predicted octanol–water partition coefficient (Wildman–Crippen LogP) is 3.12. The normalized spacial score (nSPS) is 10.3. The largest absolute Gasteiger partial charge is 0.396 e. The van der Waals surface area contributed by atoms with Crippen LogP contribution in [0.3, 0.4) is 0 Å². The third-order valence-corrected chi connectivity index (χ3v) is 2.99. The van der Waals surface area contributed by atoms with E-state index in [2.05, 4.69) is 0 Å². The van der Waals surface area contributed by atoms with Gasteiger partial charge in [-0.25, -0.2) is 0 Å². The number of benzene rings is 1. The summed E-state index contributed by atoms with van der Waals surface area (Å²) in [6.45, 7) is 1.73. The van der Waals surface area contributed by atoms with E-state index in [-0.39, 0.29) is 16.4 Å². The molecule has 0 aliphatic carbocycles. The Labute approximate surface area is 85.4 Å². The number of nitrogens with two attached hydrogens (primary N) is 2. The third kappa shape index (κ3) is 1.30. The maximum Gasteiger partial charge on any atom is 0.0895 e. The summed E-state index contributed by atoms with van der Waals surface area (Å²) in [5.41, 5.74) is 12.3. The van der Waals surface area contributed by atoms with E-state index >= 15 is 0 Å². The van der Waals surface area contributed by atoms with Crippen molar-refractivity contribution < 1.29 is 0 Å². The van der Waals surface area contributed by atoms with Crippen molar-refractivity contribution in [2.45, 2.75) is 6.92 Å². The van der Waals surface area contributed by atoms with Gasteiger partial charge in [-0.2, -0.15) is 0 Å². The lowest BCUT2D eigenvalue weighted by Gasteiger charge is -2.10. The first kappa shape index (κ1) is 9.78. The minimum absolute atomic E-state index is 0.218. The van der Waals surface area contributed by atoms with E-state index in [1.807, 2.05) is 0 Å². The van der Waals surface area contributed by atoms with Crippen LogP contribution in [0.5, 0.6) is 0 Å². The molecule has 2 nitrogen and oxygen atoms in total. The summed E-state index contributed by atoms with van der Waals surface area (Å²) in [6.07, 6.45) is 0. The van der Waals surface area contributed by atoms with Crippen LogP contribution in [0.15, 0.2) is 0 Å². The molecule has 0 fully saturated rings. The van der Waals surface area contributed by atoms with Gasteiger partial charge < -0.3 is 11.5 Å². The molecule has 0 heterocycles. The quantitative estimate of drug-likeness (QED) is 0.667. The van der Waals surface area contributed by atoms with Gasteiger partial charge in [0.05, 0.1) is 26.4 Å². The van der Waals surface area contributed by atoms with Crippen molar-refractivity contribution in [1.29, 1.82) is 0 Å². The number of nitrogen functional groups attached to an aromatic ring is 2. The SMILES string of the molecule is Cc1c(Cl)c(N)c(Cl)c(N)c1Cl. The Morgan fingerprint density at radius 2 is 1.17 bits per heavy atom. The van der Waals surface area contributed by atoms with Gasteiger partial charge >= 0.3 is 0 Å². The highest BCUT2D eigenvalue weighted by atomic mass is 35.5. The first-order valence-electron chi connectivity index (χ1n) is 3.14. The lowest BCUT2D eigenvalue weighted by molar-refractivity contribution is 1.47. The van der Waals surface area contributed by atoms with Gasteiger partial charge in [0.2, 0.25) is 0 Å². The van der Waals surface area contributed by atoms with E-state index in [0.29, 0.717) is 15.6 Å². The Balaban J connectivity index is 3.60. The molecule has 0 bridgehead atoms. The topological polar surface area (TPSA) is 52.0 Å². The fourth-order valence-electron chi connectivity index (χ4n) is 0.838. The summed E-state index contributed by atoms with van der Waals surface area (Å²) in [5, 5.41) is 0.939. The Morgan fingerprint density at radius 1 is 0.833 bits per heavy atom. The monoisotopic (exact) mass is 224 g/mol. The molecule has 1 rings (SSSR count). The van der Waals surface area contributed by atoms with Crippen molar-refractivity contribution in [1.82, 2.24) is 0 Å². The van der Waals surface area contributed by atoms with Gasteiger partial charge in [0.1, 0.15) is 0 Å². The molecule has 0 aromatic heterocycles.